The van der Waals surface area contributed by atoms with E-state index in [9.17, 15) is 14.7 Å². The van der Waals surface area contributed by atoms with Gasteiger partial charge in [0.2, 0.25) is 5.75 Å². The number of aromatic hydroxyl groups is 1. The van der Waals surface area contributed by atoms with E-state index in [1.165, 1.54) is 44.2 Å². The van der Waals surface area contributed by atoms with Gasteiger partial charge in [0.15, 0.2) is 5.75 Å². The van der Waals surface area contributed by atoms with Gasteiger partial charge in [-0.25, -0.2) is 4.79 Å². The third-order valence-electron chi connectivity index (χ3n) is 6.96. The molecule has 188 valence electrons. The summed E-state index contributed by atoms with van der Waals surface area (Å²) in [6, 6.07) is 6.38. The van der Waals surface area contributed by atoms with Crippen LogP contribution in [0.5, 0.6) is 11.5 Å². The normalized spacial score (nSPS) is 12.9. The highest BCUT2D eigenvalue weighted by Crippen LogP contribution is 2.40. The SMILES string of the molecule is CCCCCCCCNCc1cc2cc3c(cc2n1C)CCCc1c-3[nH]c(=O)c(OC(=O)O)c1O. The molecule has 2 heterocycles. The van der Waals surface area contributed by atoms with Gasteiger partial charge in [0.1, 0.15) is 0 Å². The number of ether oxygens (including phenoxy) is 1. The second kappa shape index (κ2) is 11.0. The predicted molar refractivity (Wildman–Crippen MR) is 136 cm³/mol. The van der Waals surface area contributed by atoms with E-state index in [1.807, 2.05) is 0 Å². The Morgan fingerprint density at radius 1 is 1.14 bits per heavy atom. The molecule has 0 amide bonds. The van der Waals surface area contributed by atoms with Crippen molar-refractivity contribution in [2.75, 3.05) is 6.54 Å². The average Bonchev–Trinajstić information content (AvgIpc) is 3.01. The smallest absolute Gasteiger partial charge is 0.504 e. The third kappa shape index (κ3) is 5.37. The van der Waals surface area contributed by atoms with Crippen LogP contribution >= 0.6 is 0 Å². The van der Waals surface area contributed by atoms with E-state index < -0.39 is 23.2 Å². The molecule has 4 rings (SSSR count). The first-order valence-electron chi connectivity index (χ1n) is 12.6. The van der Waals surface area contributed by atoms with Crippen molar-refractivity contribution in [3.8, 4) is 22.8 Å². The molecule has 1 aliphatic carbocycles. The lowest BCUT2D eigenvalue weighted by Crippen LogP contribution is -2.17. The fourth-order valence-corrected chi connectivity index (χ4v) is 5.06. The van der Waals surface area contributed by atoms with Crippen LogP contribution in [0.3, 0.4) is 0 Å². The molecule has 0 saturated carbocycles. The Hall–Kier alpha value is -3.26. The summed E-state index contributed by atoms with van der Waals surface area (Å²) in [5.74, 6) is -0.967. The molecule has 2 aromatic heterocycles. The number of aromatic amines is 1. The Bertz CT molecular complexity index is 1270. The van der Waals surface area contributed by atoms with Gasteiger partial charge in [-0.3, -0.25) is 4.79 Å². The van der Waals surface area contributed by atoms with Gasteiger partial charge in [-0.15, -0.1) is 0 Å². The minimum absolute atomic E-state index is 0.397. The Morgan fingerprint density at radius 3 is 2.69 bits per heavy atom. The number of rotatable bonds is 10. The van der Waals surface area contributed by atoms with Crippen LogP contribution in [-0.2, 0) is 26.4 Å². The molecule has 0 aliphatic heterocycles. The number of aryl methyl sites for hydroxylation is 2. The van der Waals surface area contributed by atoms with Gasteiger partial charge in [-0.2, -0.15) is 0 Å². The topological polar surface area (TPSA) is 117 Å². The standard InChI is InChI=1S/C27H35N3O5/c1-3-4-5-6-7-8-12-28-16-19-13-18-14-21-17(15-22(18)30(19)2)10-9-11-20-23(21)29-26(32)25(24(20)31)35-27(33)34/h13-15,28H,3-12,16H2,1-2H3,(H,33,34)(H2,29,31,32). The Morgan fingerprint density at radius 2 is 1.91 bits per heavy atom. The summed E-state index contributed by atoms with van der Waals surface area (Å²) in [4.78, 5) is 26.2. The van der Waals surface area contributed by atoms with Crippen molar-refractivity contribution in [3.05, 3.63) is 45.4 Å². The average molecular weight is 482 g/mol. The molecule has 4 N–H and O–H groups in total. The Kier molecular flexibility index (Phi) is 7.80. The number of nitrogens with zero attached hydrogens (tertiary/aromatic N) is 1. The summed E-state index contributed by atoms with van der Waals surface area (Å²) in [7, 11) is 2.07. The summed E-state index contributed by atoms with van der Waals surface area (Å²) in [5.41, 5.74) is 4.54. The molecule has 0 fully saturated rings. The molecule has 35 heavy (non-hydrogen) atoms. The van der Waals surface area contributed by atoms with Gasteiger partial charge in [0.25, 0.3) is 5.56 Å². The molecular formula is C27H35N3O5. The summed E-state index contributed by atoms with van der Waals surface area (Å²) in [5, 5.41) is 24.2. The van der Waals surface area contributed by atoms with E-state index in [0.717, 1.165) is 48.0 Å². The van der Waals surface area contributed by atoms with Crippen LogP contribution in [0.15, 0.2) is 23.0 Å². The number of pyridine rings is 1. The summed E-state index contributed by atoms with van der Waals surface area (Å²) >= 11 is 0. The van der Waals surface area contributed by atoms with Crippen molar-refractivity contribution in [1.82, 2.24) is 14.9 Å². The predicted octanol–water partition coefficient (Wildman–Crippen LogP) is 5.23. The Balaban J connectivity index is 1.57. The van der Waals surface area contributed by atoms with Crippen LogP contribution in [-0.4, -0.2) is 32.5 Å². The highest BCUT2D eigenvalue weighted by molar-refractivity contribution is 5.89. The number of carboxylic acid groups (broad SMARTS) is 1. The number of H-pyrrole nitrogens is 1. The molecule has 0 atom stereocenters. The summed E-state index contributed by atoms with van der Waals surface area (Å²) < 4.78 is 6.76. The van der Waals surface area contributed by atoms with E-state index in [0.29, 0.717) is 17.7 Å². The molecule has 1 aliphatic rings. The van der Waals surface area contributed by atoms with Crippen molar-refractivity contribution < 1.29 is 19.7 Å². The van der Waals surface area contributed by atoms with E-state index in [2.05, 4.69) is 51.8 Å². The highest BCUT2D eigenvalue weighted by Gasteiger charge is 2.25. The number of nitrogens with one attached hydrogen (secondary N) is 2. The van der Waals surface area contributed by atoms with Crippen LogP contribution in [0.25, 0.3) is 22.2 Å². The minimum Gasteiger partial charge on any atom is -0.504 e. The second-order valence-corrected chi connectivity index (χ2v) is 9.41. The first-order valence-corrected chi connectivity index (χ1v) is 12.6. The van der Waals surface area contributed by atoms with Crippen LogP contribution in [0.2, 0.25) is 0 Å². The van der Waals surface area contributed by atoms with E-state index >= 15 is 0 Å². The lowest BCUT2D eigenvalue weighted by molar-refractivity contribution is 0.142. The maximum absolute atomic E-state index is 12.5. The van der Waals surface area contributed by atoms with Gasteiger partial charge in [0, 0.05) is 41.3 Å². The maximum atomic E-state index is 12.5. The van der Waals surface area contributed by atoms with Gasteiger partial charge in [0.05, 0.1) is 5.69 Å². The zero-order valence-electron chi connectivity index (χ0n) is 20.6. The van der Waals surface area contributed by atoms with E-state index in [-0.39, 0.29) is 0 Å². The molecule has 8 heteroatoms. The quantitative estimate of drug-likeness (QED) is 0.233. The van der Waals surface area contributed by atoms with Crippen LogP contribution in [0.1, 0.15) is 68.7 Å². The van der Waals surface area contributed by atoms with Gasteiger partial charge < -0.3 is 29.8 Å². The fraction of sp³-hybridized carbons (Fsp3) is 0.481. The number of benzene rings is 1. The molecule has 1 aromatic carbocycles. The van der Waals surface area contributed by atoms with E-state index in [1.54, 1.807) is 0 Å². The van der Waals surface area contributed by atoms with Crippen LogP contribution < -0.4 is 15.6 Å². The fourth-order valence-electron chi connectivity index (χ4n) is 5.06. The lowest BCUT2D eigenvalue weighted by Gasteiger charge is -2.13. The van der Waals surface area contributed by atoms with Gasteiger partial charge in [-0.1, -0.05) is 39.0 Å². The van der Waals surface area contributed by atoms with E-state index in [4.69, 9.17) is 5.11 Å². The highest BCUT2D eigenvalue weighted by atomic mass is 16.7. The summed E-state index contributed by atoms with van der Waals surface area (Å²) in [6.07, 6.45) is 8.08. The van der Waals surface area contributed by atoms with Crippen molar-refractivity contribution >= 4 is 17.1 Å². The summed E-state index contributed by atoms with van der Waals surface area (Å²) in [6.45, 7) is 4.02. The number of hydrogen-bond donors (Lipinski definition) is 4. The van der Waals surface area contributed by atoms with Crippen molar-refractivity contribution in [2.45, 2.75) is 71.3 Å². The second-order valence-electron chi connectivity index (χ2n) is 9.41. The van der Waals surface area contributed by atoms with Crippen molar-refractivity contribution in [3.63, 3.8) is 0 Å². The third-order valence-corrected chi connectivity index (χ3v) is 6.96. The van der Waals surface area contributed by atoms with Crippen LogP contribution in [0, 0.1) is 0 Å². The first-order chi connectivity index (χ1) is 16.9. The van der Waals surface area contributed by atoms with Crippen molar-refractivity contribution in [1.29, 1.82) is 0 Å². The number of unbranched alkanes of at least 4 members (excludes halogenated alkanes) is 5. The minimum atomic E-state index is -1.64. The number of fused-ring (bicyclic) bond motifs is 4. The largest absolute Gasteiger partial charge is 0.511 e. The molecular weight excluding hydrogens is 446 g/mol. The first kappa shape index (κ1) is 24.9. The maximum Gasteiger partial charge on any atom is 0.511 e. The number of hydrogen-bond acceptors (Lipinski definition) is 5. The van der Waals surface area contributed by atoms with Crippen LogP contribution in [0.4, 0.5) is 4.79 Å². The number of aromatic nitrogens is 2. The van der Waals surface area contributed by atoms with Gasteiger partial charge >= 0.3 is 6.16 Å². The zero-order valence-corrected chi connectivity index (χ0v) is 20.6. The van der Waals surface area contributed by atoms with Crippen molar-refractivity contribution in [2.24, 2.45) is 7.05 Å². The monoisotopic (exact) mass is 481 g/mol. The molecule has 0 bridgehead atoms. The molecule has 0 saturated heterocycles. The Labute approximate surface area is 204 Å². The lowest BCUT2D eigenvalue weighted by atomic mass is 9.99. The number of carbonyl (C=O) groups is 1. The molecule has 0 spiro atoms. The molecule has 3 aromatic rings. The molecule has 0 radical (unpaired) electrons. The molecule has 8 nitrogen and oxygen atoms in total. The molecule has 0 unspecified atom stereocenters. The zero-order chi connectivity index (χ0) is 24.9. The van der Waals surface area contributed by atoms with Gasteiger partial charge in [-0.05, 0) is 56.0 Å².